The van der Waals surface area contributed by atoms with Crippen molar-refractivity contribution in [2.75, 3.05) is 0 Å². The lowest BCUT2D eigenvalue weighted by atomic mass is 9.80. The van der Waals surface area contributed by atoms with Gasteiger partial charge in [0.15, 0.2) is 0 Å². The van der Waals surface area contributed by atoms with Crippen LogP contribution in [0.4, 0.5) is 5.69 Å². The Morgan fingerprint density at radius 1 is 1.30 bits per heavy atom. The Kier molecular flexibility index (Phi) is 3.60. The zero-order valence-corrected chi connectivity index (χ0v) is 12.5. The van der Waals surface area contributed by atoms with Crippen LogP contribution in [0.15, 0.2) is 12.3 Å². The first kappa shape index (κ1) is 14.9. The minimum atomic E-state index is -0.628. The van der Waals surface area contributed by atoms with Gasteiger partial charge in [-0.1, -0.05) is 6.92 Å². The molecule has 6 nitrogen and oxygen atoms in total. The van der Waals surface area contributed by atoms with Crippen LogP contribution in [0, 0.1) is 10.1 Å². The molecule has 1 aliphatic rings. The zero-order chi connectivity index (χ0) is 15.1. The highest BCUT2D eigenvalue weighted by atomic mass is 16.7. The molecule has 0 saturated carbocycles. The van der Waals surface area contributed by atoms with E-state index < -0.39 is 23.2 Å². The predicted molar refractivity (Wildman–Crippen MR) is 76.0 cm³/mol. The maximum atomic E-state index is 11.1. The molecule has 20 heavy (non-hydrogen) atoms. The number of aryl methyl sites for hydroxylation is 1. The average Bonchev–Trinajstić information content (AvgIpc) is 2.57. The van der Waals surface area contributed by atoms with E-state index in [0.29, 0.717) is 17.6 Å². The number of pyridine rings is 1. The van der Waals surface area contributed by atoms with E-state index in [4.69, 9.17) is 9.31 Å². The first-order valence-corrected chi connectivity index (χ1v) is 6.67. The van der Waals surface area contributed by atoms with Crippen LogP contribution in [0.1, 0.15) is 40.3 Å². The van der Waals surface area contributed by atoms with Crippen LogP contribution in [0.25, 0.3) is 0 Å². The molecular formula is C13H19BN2O4. The highest BCUT2D eigenvalue weighted by Crippen LogP contribution is 2.36. The number of nitro groups is 1. The molecule has 1 aromatic heterocycles. The van der Waals surface area contributed by atoms with Crippen LogP contribution >= 0.6 is 0 Å². The van der Waals surface area contributed by atoms with Crippen LogP contribution in [-0.2, 0) is 15.7 Å². The zero-order valence-electron chi connectivity index (χ0n) is 12.5. The molecule has 2 rings (SSSR count). The molecule has 1 fully saturated rings. The maximum absolute atomic E-state index is 11.1. The maximum Gasteiger partial charge on any atom is 0.496 e. The van der Waals surface area contributed by atoms with Crippen molar-refractivity contribution in [1.29, 1.82) is 0 Å². The minimum Gasteiger partial charge on any atom is -0.399 e. The fourth-order valence-corrected chi connectivity index (χ4v) is 2.04. The van der Waals surface area contributed by atoms with Crippen LogP contribution in [0.5, 0.6) is 0 Å². The summed E-state index contributed by atoms with van der Waals surface area (Å²) in [5.41, 5.74) is 0.105. The van der Waals surface area contributed by atoms with Crippen molar-refractivity contribution in [2.24, 2.45) is 0 Å². The molecule has 0 aromatic carbocycles. The molecule has 1 aromatic rings. The van der Waals surface area contributed by atoms with Crippen LogP contribution < -0.4 is 5.46 Å². The van der Waals surface area contributed by atoms with E-state index in [1.165, 1.54) is 6.07 Å². The van der Waals surface area contributed by atoms with E-state index in [-0.39, 0.29) is 5.69 Å². The molecule has 0 amide bonds. The Bertz CT molecular complexity index is 529. The van der Waals surface area contributed by atoms with Crippen molar-refractivity contribution in [2.45, 2.75) is 52.2 Å². The molecule has 1 aliphatic heterocycles. The Morgan fingerprint density at radius 3 is 2.30 bits per heavy atom. The lowest BCUT2D eigenvalue weighted by Crippen LogP contribution is -2.41. The summed E-state index contributed by atoms with van der Waals surface area (Å²) in [5.74, 6) is 0. The molecule has 0 unspecified atom stereocenters. The van der Waals surface area contributed by atoms with Gasteiger partial charge in [-0.25, -0.2) is 0 Å². The summed E-state index contributed by atoms with van der Waals surface area (Å²) < 4.78 is 11.7. The Balaban J connectivity index is 2.36. The van der Waals surface area contributed by atoms with Crippen LogP contribution in [-0.4, -0.2) is 28.2 Å². The largest absolute Gasteiger partial charge is 0.496 e. The first-order chi connectivity index (χ1) is 9.18. The second-order valence-corrected chi connectivity index (χ2v) is 5.93. The second-order valence-electron chi connectivity index (χ2n) is 5.93. The topological polar surface area (TPSA) is 74.5 Å². The standard InChI is InChI=1S/C13H19BN2O4/c1-6-10-11(16(17)18)7-9(8-15-10)14-19-12(2,3)13(4,5)20-14/h7-8H,6H2,1-5H3. The van der Waals surface area contributed by atoms with Crippen molar-refractivity contribution < 1.29 is 14.2 Å². The second kappa shape index (κ2) is 4.82. The van der Waals surface area contributed by atoms with Crippen molar-refractivity contribution in [3.8, 4) is 0 Å². The summed E-state index contributed by atoms with van der Waals surface area (Å²) in [5, 5.41) is 11.1. The van der Waals surface area contributed by atoms with Gasteiger partial charge >= 0.3 is 7.12 Å². The summed E-state index contributed by atoms with van der Waals surface area (Å²) in [6.07, 6.45) is 2.11. The van der Waals surface area contributed by atoms with E-state index in [0.717, 1.165) is 0 Å². The van der Waals surface area contributed by atoms with E-state index in [9.17, 15) is 10.1 Å². The number of nitrogens with zero attached hydrogens (tertiary/aromatic N) is 2. The molecule has 0 atom stereocenters. The summed E-state index contributed by atoms with van der Waals surface area (Å²) in [6.45, 7) is 9.60. The van der Waals surface area contributed by atoms with Gasteiger partial charge in [0.25, 0.3) is 5.69 Å². The van der Waals surface area contributed by atoms with E-state index in [1.807, 2.05) is 34.6 Å². The molecule has 0 N–H and O–H groups in total. The van der Waals surface area contributed by atoms with Gasteiger partial charge in [0.2, 0.25) is 0 Å². The Morgan fingerprint density at radius 2 is 1.85 bits per heavy atom. The van der Waals surface area contributed by atoms with Gasteiger partial charge < -0.3 is 9.31 Å². The van der Waals surface area contributed by atoms with Crippen molar-refractivity contribution in [1.82, 2.24) is 4.98 Å². The molecule has 2 heterocycles. The smallest absolute Gasteiger partial charge is 0.399 e. The van der Waals surface area contributed by atoms with Crippen molar-refractivity contribution in [3.05, 3.63) is 28.1 Å². The van der Waals surface area contributed by atoms with E-state index in [1.54, 1.807) is 6.20 Å². The minimum absolute atomic E-state index is 0.0136. The van der Waals surface area contributed by atoms with Gasteiger partial charge in [-0.3, -0.25) is 15.1 Å². The number of hydrogen-bond acceptors (Lipinski definition) is 5. The third-order valence-corrected chi connectivity index (χ3v) is 4.03. The number of hydrogen-bond donors (Lipinski definition) is 0. The van der Waals surface area contributed by atoms with Crippen LogP contribution in [0.3, 0.4) is 0 Å². The lowest BCUT2D eigenvalue weighted by molar-refractivity contribution is -0.385. The summed E-state index contributed by atoms with van der Waals surface area (Å²) >= 11 is 0. The molecule has 0 bridgehead atoms. The fourth-order valence-electron chi connectivity index (χ4n) is 2.04. The molecule has 7 heteroatoms. The molecular weight excluding hydrogens is 259 g/mol. The third-order valence-electron chi connectivity index (χ3n) is 4.03. The lowest BCUT2D eigenvalue weighted by Gasteiger charge is -2.32. The number of aromatic nitrogens is 1. The highest BCUT2D eigenvalue weighted by Gasteiger charge is 2.52. The monoisotopic (exact) mass is 278 g/mol. The van der Waals surface area contributed by atoms with Gasteiger partial charge in [0.05, 0.1) is 16.1 Å². The highest BCUT2D eigenvalue weighted by molar-refractivity contribution is 6.62. The van der Waals surface area contributed by atoms with Crippen molar-refractivity contribution in [3.63, 3.8) is 0 Å². The van der Waals surface area contributed by atoms with Crippen LogP contribution in [0.2, 0.25) is 0 Å². The third kappa shape index (κ3) is 2.43. The Hall–Kier alpha value is -1.47. The van der Waals surface area contributed by atoms with E-state index in [2.05, 4.69) is 4.98 Å². The summed E-state index contributed by atoms with van der Waals surface area (Å²) in [4.78, 5) is 14.8. The van der Waals surface area contributed by atoms with Gasteiger partial charge in [-0.05, 0) is 34.1 Å². The normalized spacial score (nSPS) is 20.1. The van der Waals surface area contributed by atoms with Gasteiger partial charge in [0.1, 0.15) is 5.69 Å². The Labute approximate surface area is 118 Å². The summed E-state index contributed by atoms with van der Waals surface area (Å²) in [7, 11) is -0.628. The molecule has 1 saturated heterocycles. The van der Waals surface area contributed by atoms with Gasteiger partial charge in [-0.2, -0.15) is 0 Å². The number of rotatable bonds is 3. The molecule has 0 radical (unpaired) electrons. The molecule has 0 spiro atoms. The molecule has 108 valence electrons. The fraction of sp³-hybridized carbons (Fsp3) is 0.615. The summed E-state index contributed by atoms with van der Waals surface area (Å²) in [6, 6.07) is 1.49. The first-order valence-electron chi connectivity index (χ1n) is 6.67. The van der Waals surface area contributed by atoms with Gasteiger partial charge in [-0.15, -0.1) is 0 Å². The van der Waals surface area contributed by atoms with Gasteiger partial charge in [0, 0.05) is 17.7 Å². The van der Waals surface area contributed by atoms with E-state index >= 15 is 0 Å². The predicted octanol–water partition coefficient (Wildman–Crippen LogP) is 1.85. The molecule has 0 aliphatic carbocycles. The SMILES string of the molecule is CCc1ncc(B2OC(C)(C)C(C)(C)O2)cc1[N+](=O)[O-]. The average molecular weight is 278 g/mol. The quantitative estimate of drug-likeness (QED) is 0.479. The van der Waals surface area contributed by atoms with Crippen molar-refractivity contribution >= 4 is 18.3 Å².